The zero-order valence-electron chi connectivity index (χ0n) is 19.5. The maximum atomic E-state index is 9.52. The fourth-order valence-electron chi connectivity index (χ4n) is 3.61. The highest BCUT2D eigenvalue weighted by atomic mass is 28.3. The van der Waals surface area contributed by atoms with Crippen LogP contribution in [0.3, 0.4) is 0 Å². The third kappa shape index (κ3) is 5.56. The number of benzene rings is 1. The molecule has 0 bridgehead atoms. The van der Waals surface area contributed by atoms with Crippen molar-refractivity contribution in [1.29, 1.82) is 0 Å². The Morgan fingerprint density at radius 2 is 1.88 bits per heavy atom. The first-order valence-electron chi connectivity index (χ1n) is 11.0. The Balaban J connectivity index is 1.74. The Labute approximate surface area is 195 Å². The molecule has 0 saturated carbocycles. The van der Waals surface area contributed by atoms with Crippen molar-refractivity contribution in [3.63, 3.8) is 0 Å². The van der Waals surface area contributed by atoms with Crippen molar-refractivity contribution in [2.75, 3.05) is 6.61 Å². The topological polar surface area (TPSA) is 93.3 Å². The maximum absolute atomic E-state index is 9.52. The van der Waals surface area contributed by atoms with E-state index < -0.39 is 15.2 Å². The second kappa shape index (κ2) is 9.56. The maximum Gasteiger partial charge on any atom is 0.490 e. The Morgan fingerprint density at radius 1 is 1.06 bits per heavy atom. The highest BCUT2D eigenvalue weighted by molar-refractivity contribution is 6.76. The molecule has 3 heterocycles. The number of rotatable bonds is 8. The van der Waals surface area contributed by atoms with Crippen LogP contribution in [0.5, 0.6) is 0 Å². The average Bonchev–Trinajstić information content (AvgIpc) is 3.19. The van der Waals surface area contributed by atoms with Crippen molar-refractivity contribution in [1.82, 2.24) is 19.5 Å². The van der Waals surface area contributed by atoms with E-state index in [2.05, 4.69) is 24.6 Å². The third-order valence-corrected chi connectivity index (χ3v) is 7.17. The van der Waals surface area contributed by atoms with Gasteiger partial charge in [0.1, 0.15) is 6.73 Å². The first-order valence-corrected chi connectivity index (χ1v) is 14.8. The monoisotopic (exact) mass is 460 g/mol. The molecule has 0 radical (unpaired) electrons. The Hall–Kier alpha value is -2.85. The summed E-state index contributed by atoms with van der Waals surface area (Å²) in [5.74, 6) is 0. The Kier molecular flexibility index (Phi) is 6.76. The summed E-state index contributed by atoms with van der Waals surface area (Å²) in [5, 5.41) is 19.9. The highest BCUT2D eigenvalue weighted by Gasteiger charge is 2.19. The fraction of sp³-hybridized carbons (Fsp3) is 0.292. The molecule has 0 amide bonds. The summed E-state index contributed by atoms with van der Waals surface area (Å²) in [6, 6.07) is 14.6. The predicted molar refractivity (Wildman–Crippen MR) is 135 cm³/mol. The van der Waals surface area contributed by atoms with Crippen LogP contribution in [-0.2, 0) is 11.5 Å². The SMILES string of the molecule is Cc1cccc(-c2c(-c3ccc4ncc(B(O)O)cc4c3)ncn2COCC[Si](C)(C)C)n1. The van der Waals surface area contributed by atoms with E-state index in [-0.39, 0.29) is 0 Å². The van der Waals surface area contributed by atoms with Crippen molar-refractivity contribution in [2.24, 2.45) is 0 Å². The van der Waals surface area contributed by atoms with Gasteiger partial charge in [-0.3, -0.25) is 9.97 Å². The number of aromatic nitrogens is 4. The normalized spacial score (nSPS) is 11.8. The van der Waals surface area contributed by atoms with E-state index in [0.717, 1.165) is 51.9 Å². The fourth-order valence-corrected chi connectivity index (χ4v) is 4.37. The zero-order valence-corrected chi connectivity index (χ0v) is 20.5. The summed E-state index contributed by atoms with van der Waals surface area (Å²) >= 11 is 0. The van der Waals surface area contributed by atoms with Gasteiger partial charge < -0.3 is 19.4 Å². The van der Waals surface area contributed by atoms with E-state index in [9.17, 15) is 10.0 Å². The van der Waals surface area contributed by atoms with Crippen LogP contribution in [-0.4, -0.2) is 51.4 Å². The number of imidazole rings is 1. The van der Waals surface area contributed by atoms with Crippen LogP contribution >= 0.6 is 0 Å². The van der Waals surface area contributed by atoms with Crippen LogP contribution < -0.4 is 5.46 Å². The van der Waals surface area contributed by atoms with Crippen molar-refractivity contribution in [3.8, 4) is 22.6 Å². The molecular formula is C24H29BN4O3Si. The molecule has 0 aliphatic rings. The average molecular weight is 460 g/mol. The number of hydrogen-bond acceptors (Lipinski definition) is 6. The molecule has 0 unspecified atom stereocenters. The summed E-state index contributed by atoms with van der Waals surface area (Å²) in [6.07, 6.45) is 3.26. The van der Waals surface area contributed by atoms with Crippen molar-refractivity contribution >= 4 is 31.6 Å². The molecule has 3 aromatic heterocycles. The Bertz CT molecular complexity index is 1270. The molecule has 170 valence electrons. The van der Waals surface area contributed by atoms with Gasteiger partial charge in [0.05, 0.1) is 28.9 Å². The largest absolute Gasteiger partial charge is 0.490 e. The smallest absolute Gasteiger partial charge is 0.423 e. The van der Waals surface area contributed by atoms with Gasteiger partial charge >= 0.3 is 7.12 Å². The number of fused-ring (bicyclic) bond motifs is 1. The zero-order chi connectivity index (χ0) is 23.6. The van der Waals surface area contributed by atoms with Gasteiger partial charge in [-0.15, -0.1) is 0 Å². The molecule has 0 saturated heterocycles. The van der Waals surface area contributed by atoms with Gasteiger partial charge in [-0.1, -0.05) is 37.8 Å². The van der Waals surface area contributed by atoms with Crippen molar-refractivity contribution in [3.05, 3.63) is 60.7 Å². The second-order valence-corrected chi connectivity index (χ2v) is 15.1. The van der Waals surface area contributed by atoms with Crippen LogP contribution in [0.4, 0.5) is 0 Å². The molecule has 4 aromatic rings. The third-order valence-electron chi connectivity index (χ3n) is 5.47. The van der Waals surface area contributed by atoms with Gasteiger partial charge in [0.2, 0.25) is 0 Å². The van der Waals surface area contributed by atoms with Crippen LogP contribution in [0.15, 0.2) is 55.0 Å². The highest BCUT2D eigenvalue weighted by Crippen LogP contribution is 2.32. The van der Waals surface area contributed by atoms with Crippen LogP contribution in [0.1, 0.15) is 5.69 Å². The lowest BCUT2D eigenvalue weighted by Gasteiger charge is -2.16. The predicted octanol–water partition coefficient (Wildman–Crippen LogP) is 3.46. The standard InChI is InChI=1S/C24H29BN4O3Si/c1-17-6-5-7-22(28-17)24-23(27-15-29(24)16-32-10-11-33(2,3)4)18-8-9-21-19(12-18)13-20(14-26-21)25(30)31/h5-9,12-15,30-31H,10-11,16H2,1-4H3. The van der Waals surface area contributed by atoms with E-state index in [1.807, 2.05) is 47.9 Å². The minimum atomic E-state index is -1.56. The lowest BCUT2D eigenvalue weighted by atomic mass is 9.81. The molecule has 0 aliphatic heterocycles. The first-order chi connectivity index (χ1) is 15.7. The molecular weight excluding hydrogens is 431 g/mol. The molecule has 2 N–H and O–H groups in total. The minimum Gasteiger partial charge on any atom is -0.423 e. The number of nitrogens with zero attached hydrogens (tertiary/aromatic N) is 4. The van der Waals surface area contributed by atoms with Gasteiger partial charge in [0, 0.05) is 43.0 Å². The van der Waals surface area contributed by atoms with E-state index in [0.29, 0.717) is 12.2 Å². The van der Waals surface area contributed by atoms with Crippen LogP contribution in [0.25, 0.3) is 33.5 Å². The molecule has 0 aliphatic carbocycles. The number of ether oxygens (including phenoxy) is 1. The van der Waals surface area contributed by atoms with Gasteiger partial charge in [0.15, 0.2) is 0 Å². The van der Waals surface area contributed by atoms with Crippen LogP contribution in [0, 0.1) is 6.92 Å². The summed E-state index contributed by atoms with van der Waals surface area (Å²) in [5.41, 5.74) is 5.45. The molecule has 9 heteroatoms. The molecule has 0 fully saturated rings. The molecule has 33 heavy (non-hydrogen) atoms. The quantitative estimate of drug-likeness (QED) is 0.309. The molecule has 7 nitrogen and oxygen atoms in total. The van der Waals surface area contributed by atoms with Crippen LogP contribution in [0.2, 0.25) is 25.7 Å². The summed E-state index contributed by atoms with van der Waals surface area (Å²) in [7, 11) is -2.74. The first kappa shape index (κ1) is 23.3. The molecule has 0 atom stereocenters. The summed E-state index contributed by atoms with van der Waals surface area (Å²) in [4.78, 5) is 13.8. The molecule has 0 spiro atoms. The Morgan fingerprint density at radius 3 is 2.61 bits per heavy atom. The van der Waals surface area contributed by atoms with Gasteiger partial charge in [-0.05, 0) is 37.2 Å². The van der Waals surface area contributed by atoms with E-state index in [1.54, 1.807) is 12.4 Å². The summed E-state index contributed by atoms with van der Waals surface area (Å²) < 4.78 is 8.01. The number of pyridine rings is 2. The number of aryl methyl sites for hydroxylation is 1. The lowest BCUT2D eigenvalue weighted by Crippen LogP contribution is -2.29. The van der Waals surface area contributed by atoms with Crippen molar-refractivity contribution in [2.45, 2.75) is 39.3 Å². The van der Waals surface area contributed by atoms with E-state index >= 15 is 0 Å². The second-order valence-electron chi connectivity index (χ2n) is 9.47. The number of hydrogen-bond donors (Lipinski definition) is 2. The minimum absolute atomic E-state index is 0.349. The van der Waals surface area contributed by atoms with Gasteiger partial charge in [-0.25, -0.2) is 4.98 Å². The van der Waals surface area contributed by atoms with Gasteiger partial charge in [0.25, 0.3) is 0 Å². The molecule has 4 rings (SSSR count). The van der Waals surface area contributed by atoms with Crippen molar-refractivity contribution < 1.29 is 14.8 Å². The summed E-state index contributed by atoms with van der Waals surface area (Å²) in [6.45, 7) is 10.1. The molecule has 1 aromatic carbocycles. The van der Waals surface area contributed by atoms with E-state index in [4.69, 9.17) is 14.7 Å². The van der Waals surface area contributed by atoms with Gasteiger partial charge in [-0.2, -0.15) is 0 Å². The van der Waals surface area contributed by atoms with E-state index in [1.165, 1.54) is 6.20 Å². The lowest BCUT2D eigenvalue weighted by molar-refractivity contribution is 0.0881.